The van der Waals surface area contributed by atoms with Gasteiger partial charge in [-0.2, -0.15) is 0 Å². The van der Waals surface area contributed by atoms with E-state index in [1.807, 2.05) is 31.2 Å². The summed E-state index contributed by atoms with van der Waals surface area (Å²) < 4.78 is 16.9. The van der Waals surface area contributed by atoms with E-state index in [2.05, 4.69) is 15.5 Å². The van der Waals surface area contributed by atoms with Gasteiger partial charge in [0.05, 0.1) is 31.4 Å². The second-order valence-electron chi connectivity index (χ2n) is 7.94. The Kier molecular flexibility index (Phi) is 6.08. The van der Waals surface area contributed by atoms with Crippen LogP contribution in [0.3, 0.4) is 0 Å². The molecule has 2 fully saturated rings. The summed E-state index contributed by atoms with van der Waals surface area (Å²) in [7, 11) is 0. The zero-order valence-corrected chi connectivity index (χ0v) is 17.5. The number of amides is 2. The zero-order valence-electron chi connectivity index (χ0n) is 17.5. The molecule has 1 atom stereocenters. The topological polar surface area (TPSA) is 89.1 Å². The standard InChI is InChI=1S/C22H29N3O5/c1-3-28-20(26)18-17(14-25-10-8-22(9-11-25)29-12-13-30-22)23-21(27)24-19(18)16-6-4-15(2)5-7-16/h4-7,19H,3,8-14H2,1-2H3,(H2,23,24,27). The van der Waals surface area contributed by atoms with Crippen LogP contribution < -0.4 is 10.6 Å². The Bertz CT molecular complexity index is 820. The number of carbonyl (C=O) groups is 2. The number of benzene rings is 1. The number of hydrogen-bond donors (Lipinski definition) is 2. The van der Waals surface area contributed by atoms with E-state index in [-0.39, 0.29) is 12.6 Å². The molecule has 30 heavy (non-hydrogen) atoms. The predicted molar refractivity (Wildman–Crippen MR) is 110 cm³/mol. The van der Waals surface area contributed by atoms with Gasteiger partial charge >= 0.3 is 12.0 Å². The van der Waals surface area contributed by atoms with E-state index in [0.717, 1.165) is 37.1 Å². The average Bonchev–Trinajstić information content (AvgIpc) is 3.18. The Morgan fingerprint density at radius 2 is 1.87 bits per heavy atom. The van der Waals surface area contributed by atoms with Gasteiger partial charge < -0.3 is 24.8 Å². The lowest BCUT2D eigenvalue weighted by Crippen LogP contribution is -2.51. The van der Waals surface area contributed by atoms with Crippen molar-refractivity contribution in [2.75, 3.05) is 39.5 Å². The van der Waals surface area contributed by atoms with Crippen LogP contribution in [0.1, 0.15) is 36.9 Å². The number of nitrogens with one attached hydrogen (secondary N) is 2. The van der Waals surface area contributed by atoms with E-state index in [0.29, 0.717) is 31.0 Å². The molecule has 0 bridgehead atoms. The first-order valence-corrected chi connectivity index (χ1v) is 10.5. The molecule has 2 amide bonds. The van der Waals surface area contributed by atoms with Crippen molar-refractivity contribution in [3.63, 3.8) is 0 Å². The second kappa shape index (κ2) is 8.75. The second-order valence-corrected chi connectivity index (χ2v) is 7.94. The number of piperidine rings is 1. The molecule has 0 saturated carbocycles. The lowest BCUT2D eigenvalue weighted by atomic mass is 9.94. The Morgan fingerprint density at radius 3 is 2.50 bits per heavy atom. The molecule has 2 saturated heterocycles. The summed E-state index contributed by atoms with van der Waals surface area (Å²) >= 11 is 0. The molecule has 3 aliphatic heterocycles. The van der Waals surface area contributed by atoms with Crippen LogP contribution >= 0.6 is 0 Å². The van der Waals surface area contributed by atoms with Crippen LogP contribution in [0.25, 0.3) is 0 Å². The van der Waals surface area contributed by atoms with E-state index in [1.165, 1.54) is 0 Å². The average molecular weight is 415 g/mol. The monoisotopic (exact) mass is 415 g/mol. The highest BCUT2D eigenvalue weighted by atomic mass is 16.7. The van der Waals surface area contributed by atoms with Crippen LogP contribution in [0.15, 0.2) is 35.5 Å². The molecule has 3 heterocycles. The summed E-state index contributed by atoms with van der Waals surface area (Å²) in [6.45, 7) is 7.30. The third-order valence-corrected chi connectivity index (χ3v) is 5.87. The lowest BCUT2D eigenvalue weighted by molar-refractivity contribution is -0.184. The van der Waals surface area contributed by atoms with Crippen molar-refractivity contribution < 1.29 is 23.8 Å². The van der Waals surface area contributed by atoms with Crippen LogP contribution in [0, 0.1) is 6.92 Å². The van der Waals surface area contributed by atoms with Gasteiger partial charge in [-0.05, 0) is 19.4 Å². The fourth-order valence-corrected chi connectivity index (χ4v) is 4.26. The number of rotatable bonds is 5. The molecule has 0 aliphatic carbocycles. The van der Waals surface area contributed by atoms with Gasteiger partial charge in [-0.3, -0.25) is 4.90 Å². The summed E-state index contributed by atoms with van der Waals surface area (Å²) in [5.41, 5.74) is 3.00. The van der Waals surface area contributed by atoms with Crippen LogP contribution in [0.4, 0.5) is 4.79 Å². The van der Waals surface area contributed by atoms with Gasteiger partial charge in [-0.15, -0.1) is 0 Å². The number of aryl methyl sites for hydroxylation is 1. The van der Waals surface area contributed by atoms with Gasteiger partial charge in [0, 0.05) is 38.2 Å². The summed E-state index contributed by atoms with van der Waals surface area (Å²) in [4.78, 5) is 27.5. The fourth-order valence-electron chi connectivity index (χ4n) is 4.26. The van der Waals surface area contributed by atoms with E-state index >= 15 is 0 Å². The number of nitrogens with zero attached hydrogens (tertiary/aromatic N) is 1. The first-order valence-electron chi connectivity index (χ1n) is 10.5. The molecule has 162 valence electrons. The number of likely N-dealkylation sites (tertiary alicyclic amines) is 1. The van der Waals surface area contributed by atoms with Gasteiger partial charge in [0.1, 0.15) is 0 Å². The molecule has 1 aromatic carbocycles. The fraction of sp³-hybridized carbons (Fsp3) is 0.545. The normalized spacial score (nSPS) is 23.9. The summed E-state index contributed by atoms with van der Waals surface area (Å²) in [5.74, 6) is -0.877. The molecule has 8 nitrogen and oxygen atoms in total. The summed E-state index contributed by atoms with van der Waals surface area (Å²) in [5, 5.41) is 5.73. The highest BCUT2D eigenvalue weighted by molar-refractivity contribution is 5.95. The van der Waals surface area contributed by atoms with Crippen molar-refractivity contribution in [3.8, 4) is 0 Å². The van der Waals surface area contributed by atoms with Crippen LogP contribution in [0.2, 0.25) is 0 Å². The maximum atomic E-state index is 12.9. The Balaban J connectivity index is 1.59. The third kappa shape index (κ3) is 4.35. The van der Waals surface area contributed by atoms with Gasteiger partial charge in [0.25, 0.3) is 0 Å². The number of carbonyl (C=O) groups excluding carboxylic acids is 2. The molecule has 0 aromatic heterocycles. The van der Waals surface area contributed by atoms with Crippen LogP contribution in [-0.2, 0) is 19.0 Å². The van der Waals surface area contributed by atoms with E-state index in [4.69, 9.17) is 14.2 Å². The van der Waals surface area contributed by atoms with Gasteiger partial charge in [-0.1, -0.05) is 29.8 Å². The molecule has 3 aliphatic rings. The number of esters is 1. The number of hydrogen-bond acceptors (Lipinski definition) is 6. The molecule has 1 unspecified atom stereocenters. The predicted octanol–water partition coefficient (Wildman–Crippen LogP) is 2.01. The van der Waals surface area contributed by atoms with Crippen LogP contribution in [-0.4, -0.2) is 62.1 Å². The minimum absolute atomic E-state index is 0.269. The van der Waals surface area contributed by atoms with E-state index in [1.54, 1.807) is 6.92 Å². The summed E-state index contributed by atoms with van der Waals surface area (Å²) in [6.07, 6.45) is 1.53. The van der Waals surface area contributed by atoms with Crippen molar-refractivity contribution in [2.45, 2.75) is 38.5 Å². The van der Waals surface area contributed by atoms with E-state index < -0.39 is 17.8 Å². The Hall–Kier alpha value is -2.42. The zero-order chi connectivity index (χ0) is 21.1. The van der Waals surface area contributed by atoms with Crippen molar-refractivity contribution in [1.82, 2.24) is 15.5 Å². The lowest BCUT2D eigenvalue weighted by Gasteiger charge is -2.39. The highest BCUT2D eigenvalue weighted by Gasteiger charge is 2.41. The minimum atomic E-state index is -0.550. The third-order valence-electron chi connectivity index (χ3n) is 5.87. The van der Waals surface area contributed by atoms with Crippen molar-refractivity contribution in [1.29, 1.82) is 0 Å². The number of urea groups is 1. The minimum Gasteiger partial charge on any atom is -0.463 e. The summed E-state index contributed by atoms with van der Waals surface area (Å²) in [6, 6.07) is 6.93. The maximum absolute atomic E-state index is 12.9. The van der Waals surface area contributed by atoms with Crippen molar-refractivity contribution in [2.24, 2.45) is 0 Å². The molecule has 0 radical (unpaired) electrons. The smallest absolute Gasteiger partial charge is 0.338 e. The van der Waals surface area contributed by atoms with Crippen molar-refractivity contribution >= 4 is 12.0 Å². The SMILES string of the molecule is CCOC(=O)C1=C(CN2CCC3(CC2)OCCO3)NC(=O)NC1c1ccc(C)cc1. The molecule has 1 spiro atoms. The highest BCUT2D eigenvalue weighted by Crippen LogP contribution is 2.33. The molecule has 2 N–H and O–H groups in total. The Labute approximate surface area is 176 Å². The molecule has 8 heteroatoms. The largest absolute Gasteiger partial charge is 0.463 e. The molecule has 1 aromatic rings. The Morgan fingerprint density at radius 1 is 1.20 bits per heavy atom. The van der Waals surface area contributed by atoms with Gasteiger partial charge in [0.2, 0.25) is 0 Å². The van der Waals surface area contributed by atoms with Gasteiger partial charge in [0.15, 0.2) is 5.79 Å². The van der Waals surface area contributed by atoms with E-state index in [9.17, 15) is 9.59 Å². The van der Waals surface area contributed by atoms with Gasteiger partial charge in [-0.25, -0.2) is 9.59 Å². The quantitative estimate of drug-likeness (QED) is 0.715. The molecule has 4 rings (SSSR count). The molecular weight excluding hydrogens is 386 g/mol. The first kappa shape index (κ1) is 20.8. The number of ether oxygens (including phenoxy) is 3. The van der Waals surface area contributed by atoms with Crippen LogP contribution in [0.5, 0.6) is 0 Å². The first-order chi connectivity index (χ1) is 14.5. The maximum Gasteiger partial charge on any atom is 0.338 e. The molecular formula is C22H29N3O5. The van der Waals surface area contributed by atoms with Crippen molar-refractivity contribution in [3.05, 3.63) is 46.7 Å².